The number of rotatable bonds is 1. The van der Waals surface area contributed by atoms with Gasteiger partial charge in [-0.15, -0.1) is 11.3 Å². The summed E-state index contributed by atoms with van der Waals surface area (Å²) in [4.78, 5) is 8.70. The third-order valence-corrected chi connectivity index (χ3v) is 4.07. The molecule has 2 N–H and O–H groups in total. The number of phenolic OH excluding ortho intramolecular Hbond substituents is 1. The Balaban J connectivity index is 2.31. The topological polar surface area (TPSA) is 66.2 Å². The molecule has 3 aromatic rings. The number of aromatic nitrogens is 2. The number of thiazole rings is 1. The highest BCUT2D eigenvalue weighted by atomic mass is 35.5. The number of benzene rings is 1. The monoisotopic (exact) mass is 292 g/mol. The zero-order chi connectivity index (χ0) is 13.6. The van der Waals surface area contributed by atoms with Crippen molar-refractivity contribution < 1.29 is 10.2 Å². The average Bonchev–Trinajstić information content (AvgIpc) is 2.81. The van der Waals surface area contributed by atoms with Crippen molar-refractivity contribution in [3.8, 4) is 22.2 Å². The Bertz CT molecular complexity index is 786. The highest BCUT2D eigenvalue weighted by Gasteiger charge is 2.13. The molecule has 1 aromatic carbocycles. The molecule has 0 aliphatic carbocycles. The quantitative estimate of drug-likeness (QED) is 0.717. The Hall–Kier alpha value is -1.85. The second kappa shape index (κ2) is 4.36. The standard InChI is InChI=1S/C13H9ClN2O2S/c1-6-5-19-13(15-6)8-4-10(18)7-2-3-9(17)11(14)12(7)16-8/h2-5,17H,1H3,(H,16,18). The lowest BCUT2D eigenvalue weighted by Crippen LogP contribution is -1.87. The van der Waals surface area contributed by atoms with Crippen molar-refractivity contribution >= 4 is 33.8 Å². The molecule has 2 heterocycles. The van der Waals surface area contributed by atoms with Crippen LogP contribution in [0.15, 0.2) is 23.6 Å². The van der Waals surface area contributed by atoms with Crippen LogP contribution in [0.5, 0.6) is 11.5 Å². The molecular weight excluding hydrogens is 284 g/mol. The maximum Gasteiger partial charge on any atom is 0.142 e. The summed E-state index contributed by atoms with van der Waals surface area (Å²) >= 11 is 7.46. The molecule has 19 heavy (non-hydrogen) atoms. The van der Waals surface area contributed by atoms with Gasteiger partial charge in [0.05, 0.1) is 5.52 Å². The van der Waals surface area contributed by atoms with Crippen molar-refractivity contribution in [3.05, 3.63) is 34.3 Å². The van der Waals surface area contributed by atoms with E-state index in [0.29, 0.717) is 21.6 Å². The normalized spacial score (nSPS) is 11.1. The second-order valence-corrected chi connectivity index (χ2v) is 5.35. The van der Waals surface area contributed by atoms with Gasteiger partial charge in [-0.2, -0.15) is 0 Å². The van der Waals surface area contributed by atoms with Crippen molar-refractivity contribution in [2.24, 2.45) is 0 Å². The zero-order valence-electron chi connectivity index (χ0n) is 9.88. The van der Waals surface area contributed by atoms with E-state index in [2.05, 4.69) is 9.97 Å². The van der Waals surface area contributed by atoms with Crippen molar-refractivity contribution in [1.82, 2.24) is 9.97 Å². The molecule has 0 saturated heterocycles. The number of fused-ring (bicyclic) bond motifs is 1. The van der Waals surface area contributed by atoms with E-state index in [1.54, 1.807) is 12.1 Å². The molecule has 0 amide bonds. The Morgan fingerprint density at radius 2 is 1.95 bits per heavy atom. The summed E-state index contributed by atoms with van der Waals surface area (Å²) in [5.41, 5.74) is 1.79. The molecule has 6 heteroatoms. The number of halogens is 1. The molecule has 0 bridgehead atoms. The molecule has 0 fully saturated rings. The molecule has 0 atom stereocenters. The van der Waals surface area contributed by atoms with Gasteiger partial charge in [0.15, 0.2) is 0 Å². The van der Waals surface area contributed by atoms with Gasteiger partial charge in [0.1, 0.15) is 27.2 Å². The minimum atomic E-state index is -0.0615. The Kier molecular flexibility index (Phi) is 2.80. The van der Waals surface area contributed by atoms with E-state index in [9.17, 15) is 10.2 Å². The first kappa shape index (κ1) is 12.2. The van der Waals surface area contributed by atoms with Crippen LogP contribution in [0, 0.1) is 6.92 Å². The van der Waals surface area contributed by atoms with Gasteiger partial charge in [0.2, 0.25) is 0 Å². The number of aryl methyl sites for hydroxylation is 1. The van der Waals surface area contributed by atoms with Crippen molar-refractivity contribution in [2.45, 2.75) is 6.92 Å². The molecule has 0 unspecified atom stereocenters. The molecular formula is C13H9ClN2O2S. The van der Waals surface area contributed by atoms with Crippen LogP contribution < -0.4 is 0 Å². The Morgan fingerprint density at radius 3 is 2.63 bits per heavy atom. The maximum absolute atomic E-state index is 10.0. The summed E-state index contributed by atoms with van der Waals surface area (Å²) < 4.78 is 0. The summed E-state index contributed by atoms with van der Waals surface area (Å²) in [6, 6.07) is 4.56. The van der Waals surface area contributed by atoms with Crippen LogP contribution in [-0.2, 0) is 0 Å². The van der Waals surface area contributed by atoms with E-state index in [4.69, 9.17) is 11.6 Å². The summed E-state index contributed by atoms with van der Waals surface area (Å²) in [6.45, 7) is 1.89. The van der Waals surface area contributed by atoms with E-state index in [1.807, 2.05) is 12.3 Å². The highest BCUT2D eigenvalue weighted by Crippen LogP contribution is 2.37. The number of nitrogens with zero attached hydrogens (tertiary/aromatic N) is 2. The van der Waals surface area contributed by atoms with E-state index in [-0.39, 0.29) is 16.5 Å². The molecule has 3 rings (SSSR count). The zero-order valence-corrected chi connectivity index (χ0v) is 11.5. The molecule has 0 radical (unpaired) electrons. The Labute approximate surface area is 118 Å². The third kappa shape index (κ3) is 2.01. The minimum Gasteiger partial charge on any atom is -0.507 e. The van der Waals surface area contributed by atoms with Crippen LogP contribution in [0.25, 0.3) is 21.6 Å². The van der Waals surface area contributed by atoms with E-state index in [1.165, 1.54) is 17.4 Å². The van der Waals surface area contributed by atoms with Gasteiger partial charge in [0.25, 0.3) is 0 Å². The van der Waals surface area contributed by atoms with Crippen LogP contribution >= 0.6 is 22.9 Å². The lowest BCUT2D eigenvalue weighted by atomic mass is 10.1. The summed E-state index contributed by atoms with van der Waals surface area (Å²) in [5, 5.41) is 22.9. The number of aromatic hydroxyl groups is 2. The highest BCUT2D eigenvalue weighted by molar-refractivity contribution is 7.13. The fourth-order valence-electron chi connectivity index (χ4n) is 1.81. The predicted molar refractivity (Wildman–Crippen MR) is 75.9 cm³/mol. The lowest BCUT2D eigenvalue weighted by Gasteiger charge is -2.06. The fraction of sp³-hybridized carbons (Fsp3) is 0.0769. The van der Waals surface area contributed by atoms with Crippen molar-refractivity contribution in [2.75, 3.05) is 0 Å². The van der Waals surface area contributed by atoms with Crippen LogP contribution in [0.2, 0.25) is 5.02 Å². The smallest absolute Gasteiger partial charge is 0.142 e. The molecule has 0 spiro atoms. The van der Waals surface area contributed by atoms with Crippen molar-refractivity contribution in [1.29, 1.82) is 0 Å². The predicted octanol–water partition coefficient (Wildman–Crippen LogP) is 3.73. The van der Waals surface area contributed by atoms with Gasteiger partial charge < -0.3 is 10.2 Å². The Morgan fingerprint density at radius 1 is 1.16 bits per heavy atom. The number of hydrogen-bond acceptors (Lipinski definition) is 5. The van der Waals surface area contributed by atoms with Crippen LogP contribution in [0.3, 0.4) is 0 Å². The molecule has 2 aromatic heterocycles. The number of pyridine rings is 1. The first-order valence-corrected chi connectivity index (χ1v) is 6.75. The first-order valence-electron chi connectivity index (χ1n) is 5.50. The molecule has 0 aliphatic rings. The molecule has 4 nitrogen and oxygen atoms in total. The van der Waals surface area contributed by atoms with Gasteiger partial charge in [-0.3, -0.25) is 0 Å². The molecule has 96 valence electrons. The number of phenols is 1. The van der Waals surface area contributed by atoms with Gasteiger partial charge in [-0.25, -0.2) is 9.97 Å². The largest absolute Gasteiger partial charge is 0.507 e. The van der Waals surface area contributed by atoms with Crippen LogP contribution in [0.4, 0.5) is 0 Å². The molecule has 0 saturated carbocycles. The van der Waals surface area contributed by atoms with E-state index >= 15 is 0 Å². The fourth-order valence-corrected chi connectivity index (χ4v) is 2.78. The van der Waals surface area contributed by atoms with E-state index < -0.39 is 0 Å². The third-order valence-electron chi connectivity index (χ3n) is 2.72. The second-order valence-electron chi connectivity index (χ2n) is 4.12. The maximum atomic E-state index is 10.0. The van der Waals surface area contributed by atoms with Crippen LogP contribution in [0.1, 0.15) is 5.69 Å². The SMILES string of the molecule is Cc1csc(-c2cc(O)c3ccc(O)c(Cl)c3n2)n1. The first-order chi connectivity index (χ1) is 9.06. The van der Waals surface area contributed by atoms with Gasteiger partial charge in [-0.05, 0) is 19.1 Å². The van der Waals surface area contributed by atoms with Crippen LogP contribution in [-0.4, -0.2) is 20.2 Å². The van der Waals surface area contributed by atoms with E-state index in [0.717, 1.165) is 5.69 Å². The van der Waals surface area contributed by atoms with Crippen molar-refractivity contribution in [3.63, 3.8) is 0 Å². The van der Waals surface area contributed by atoms with Gasteiger partial charge >= 0.3 is 0 Å². The van der Waals surface area contributed by atoms with Gasteiger partial charge in [-0.1, -0.05) is 11.6 Å². The summed E-state index contributed by atoms with van der Waals surface area (Å²) in [5.74, 6) is 0.00305. The lowest BCUT2D eigenvalue weighted by molar-refractivity contribution is 0.475. The van der Waals surface area contributed by atoms with Gasteiger partial charge in [0, 0.05) is 22.5 Å². The summed E-state index contributed by atoms with van der Waals surface area (Å²) in [7, 11) is 0. The minimum absolute atomic E-state index is 0.0615. The average molecular weight is 293 g/mol. The summed E-state index contributed by atoms with van der Waals surface area (Å²) in [6.07, 6.45) is 0. The number of hydrogen-bond donors (Lipinski definition) is 2. The molecule has 0 aliphatic heterocycles.